The van der Waals surface area contributed by atoms with Crippen molar-refractivity contribution in [2.45, 2.75) is 20.3 Å². The molecule has 0 unspecified atom stereocenters. The van der Waals surface area contributed by atoms with Crippen LogP contribution in [0.4, 0.5) is 5.69 Å². The molecule has 0 saturated heterocycles. The zero-order valence-corrected chi connectivity index (χ0v) is 10.7. The Kier molecular flexibility index (Phi) is 3.78. The van der Waals surface area contributed by atoms with Gasteiger partial charge in [0.25, 0.3) is 0 Å². The third-order valence-electron chi connectivity index (χ3n) is 2.91. The summed E-state index contributed by atoms with van der Waals surface area (Å²) in [6.45, 7) is 3.95. The highest BCUT2D eigenvalue weighted by molar-refractivity contribution is 6.05. The molecule has 2 nitrogen and oxygen atoms in total. The highest BCUT2D eigenvalue weighted by Gasteiger charge is 2.08. The first-order valence-electron chi connectivity index (χ1n) is 6.08. The van der Waals surface area contributed by atoms with E-state index in [0.29, 0.717) is 0 Å². The molecule has 2 rings (SSSR count). The van der Waals surface area contributed by atoms with Crippen LogP contribution in [0, 0.1) is 6.92 Å². The fourth-order valence-corrected chi connectivity index (χ4v) is 1.88. The number of allylic oxidation sites excluding steroid dienone is 6. The van der Waals surface area contributed by atoms with Crippen LogP contribution in [0.15, 0.2) is 59.8 Å². The van der Waals surface area contributed by atoms with E-state index >= 15 is 0 Å². The first-order chi connectivity index (χ1) is 8.66. The van der Waals surface area contributed by atoms with Gasteiger partial charge in [0.2, 0.25) is 0 Å². The average Bonchev–Trinajstić information content (AvgIpc) is 2.85. The predicted octanol–water partition coefficient (Wildman–Crippen LogP) is 3.77. The van der Waals surface area contributed by atoms with Gasteiger partial charge in [-0.15, -0.1) is 0 Å². The minimum absolute atomic E-state index is 0.0820. The van der Waals surface area contributed by atoms with Gasteiger partial charge in [-0.25, -0.2) is 0 Å². The number of ketones is 1. The molecule has 0 spiro atoms. The van der Waals surface area contributed by atoms with Crippen molar-refractivity contribution in [3.63, 3.8) is 0 Å². The fraction of sp³-hybridized carbons (Fsp3) is 0.188. The van der Waals surface area contributed by atoms with E-state index in [4.69, 9.17) is 0 Å². The summed E-state index contributed by atoms with van der Waals surface area (Å²) in [7, 11) is 0. The second kappa shape index (κ2) is 5.50. The Morgan fingerprint density at radius 1 is 1.33 bits per heavy atom. The van der Waals surface area contributed by atoms with Crippen molar-refractivity contribution in [2.75, 3.05) is 5.32 Å². The smallest absolute Gasteiger partial charge is 0.183 e. The number of anilines is 1. The SMILES string of the molecule is C/C(=C\C(=O)C1=CC=CC1)Nc1ccccc1C. The highest BCUT2D eigenvalue weighted by Crippen LogP contribution is 2.17. The van der Waals surface area contributed by atoms with E-state index in [-0.39, 0.29) is 5.78 Å². The van der Waals surface area contributed by atoms with Gasteiger partial charge in [-0.05, 0) is 31.9 Å². The van der Waals surface area contributed by atoms with Crippen molar-refractivity contribution >= 4 is 11.5 Å². The van der Waals surface area contributed by atoms with E-state index in [1.165, 1.54) is 5.56 Å². The predicted molar refractivity (Wildman–Crippen MR) is 75.4 cm³/mol. The number of para-hydroxylation sites is 1. The van der Waals surface area contributed by atoms with Gasteiger partial charge in [-0.2, -0.15) is 0 Å². The standard InChI is InChI=1S/C16H17NO/c1-12-7-3-6-10-15(12)17-13(2)11-16(18)14-8-4-5-9-14/h3-8,10-11,17H,9H2,1-2H3/b13-11+. The van der Waals surface area contributed by atoms with E-state index in [2.05, 4.69) is 5.32 Å². The summed E-state index contributed by atoms with van der Waals surface area (Å²) in [5, 5.41) is 3.26. The van der Waals surface area contributed by atoms with Crippen molar-refractivity contribution < 1.29 is 4.79 Å². The molecule has 0 atom stereocenters. The van der Waals surface area contributed by atoms with Gasteiger partial charge < -0.3 is 5.32 Å². The number of rotatable bonds is 4. The van der Waals surface area contributed by atoms with Gasteiger partial charge >= 0.3 is 0 Å². The van der Waals surface area contributed by atoms with E-state index in [9.17, 15) is 4.79 Å². The van der Waals surface area contributed by atoms with Crippen LogP contribution in [0.2, 0.25) is 0 Å². The summed E-state index contributed by atoms with van der Waals surface area (Å²) in [6, 6.07) is 8.03. The summed E-state index contributed by atoms with van der Waals surface area (Å²) in [4.78, 5) is 11.9. The maximum atomic E-state index is 11.9. The minimum atomic E-state index is 0.0820. The monoisotopic (exact) mass is 239 g/mol. The summed E-state index contributed by atoms with van der Waals surface area (Å²) >= 11 is 0. The Morgan fingerprint density at radius 2 is 2.11 bits per heavy atom. The van der Waals surface area contributed by atoms with Crippen LogP contribution in [0.1, 0.15) is 18.9 Å². The Morgan fingerprint density at radius 3 is 2.78 bits per heavy atom. The van der Waals surface area contributed by atoms with Gasteiger partial charge in [0.05, 0.1) is 0 Å². The third kappa shape index (κ3) is 2.98. The fourth-order valence-electron chi connectivity index (χ4n) is 1.88. The van der Waals surface area contributed by atoms with Crippen molar-refractivity contribution in [3.8, 4) is 0 Å². The third-order valence-corrected chi connectivity index (χ3v) is 2.91. The molecule has 18 heavy (non-hydrogen) atoms. The molecule has 1 N–H and O–H groups in total. The van der Waals surface area contributed by atoms with Gasteiger partial charge in [-0.3, -0.25) is 4.79 Å². The number of carbonyl (C=O) groups excluding carboxylic acids is 1. The van der Waals surface area contributed by atoms with E-state index in [1.807, 2.05) is 56.3 Å². The summed E-state index contributed by atoms with van der Waals surface area (Å²) < 4.78 is 0. The topological polar surface area (TPSA) is 29.1 Å². The molecular formula is C16H17NO. The summed E-state index contributed by atoms with van der Waals surface area (Å²) in [5.41, 5.74) is 3.92. The van der Waals surface area contributed by atoms with Crippen molar-refractivity contribution in [1.29, 1.82) is 0 Å². The Labute approximate surface area is 108 Å². The largest absolute Gasteiger partial charge is 0.359 e. The number of hydrogen-bond acceptors (Lipinski definition) is 2. The molecule has 0 heterocycles. The number of hydrogen-bond donors (Lipinski definition) is 1. The molecule has 1 aromatic carbocycles. The average molecular weight is 239 g/mol. The molecule has 0 radical (unpaired) electrons. The first-order valence-corrected chi connectivity index (χ1v) is 6.08. The van der Waals surface area contributed by atoms with Crippen LogP contribution >= 0.6 is 0 Å². The molecule has 0 aromatic heterocycles. The van der Waals surface area contributed by atoms with Crippen molar-refractivity contribution in [3.05, 3.63) is 65.4 Å². The molecule has 0 amide bonds. The van der Waals surface area contributed by atoms with Crippen LogP contribution in [0.5, 0.6) is 0 Å². The second-order valence-electron chi connectivity index (χ2n) is 4.46. The van der Waals surface area contributed by atoms with Gasteiger partial charge in [0, 0.05) is 23.0 Å². The minimum Gasteiger partial charge on any atom is -0.359 e. The second-order valence-corrected chi connectivity index (χ2v) is 4.46. The zero-order chi connectivity index (χ0) is 13.0. The molecule has 0 bridgehead atoms. The lowest BCUT2D eigenvalue weighted by Gasteiger charge is -2.09. The van der Waals surface area contributed by atoms with Crippen LogP contribution in [-0.4, -0.2) is 5.78 Å². The van der Waals surface area contributed by atoms with Crippen LogP contribution < -0.4 is 5.32 Å². The van der Waals surface area contributed by atoms with Crippen molar-refractivity contribution in [1.82, 2.24) is 0 Å². The van der Waals surface area contributed by atoms with E-state index in [1.54, 1.807) is 6.08 Å². The molecule has 0 saturated carbocycles. The van der Waals surface area contributed by atoms with Gasteiger partial charge in [-0.1, -0.05) is 36.4 Å². The Bertz CT molecular complexity index is 550. The van der Waals surface area contributed by atoms with Crippen LogP contribution in [-0.2, 0) is 4.79 Å². The van der Waals surface area contributed by atoms with E-state index in [0.717, 1.165) is 23.4 Å². The van der Waals surface area contributed by atoms with Crippen LogP contribution in [0.3, 0.4) is 0 Å². The maximum Gasteiger partial charge on any atom is 0.183 e. The Hall–Kier alpha value is -2.09. The molecule has 1 aliphatic carbocycles. The Balaban J connectivity index is 2.06. The lowest BCUT2D eigenvalue weighted by Crippen LogP contribution is -2.03. The highest BCUT2D eigenvalue weighted by atomic mass is 16.1. The quantitative estimate of drug-likeness (QED) is 0.810. The molecule has 1 aliphatic rings. The lowest BCUT2D eigenvalue weighted by atomic mass is 10.1. The number of aryl methyl sites for hydroxylation is 1. The van der Waals surface area contributed by atoms with Gasteiger partial charge in [0.15, 0.2) is 5.78 Å². The summed E-state index contributed by atoms with van der Waals surface area (Å²) in [6.07, 6.45) is 8.19. The number of carbonyl (C=O) groups is 1. The van der Waals surface area contributed by atoms with Gasteiger partial charge in [0.1, 0.15) is 0 Å². The lowest BCUT2D eigenvalue weighted by molar-refractivity contribution is -0.111. The van der Waals surface area contributed by atoms with E-state index < -0.39 is 0 Å². The molecule has 0 aliphatic heterocycles. The molecule has 92 valence electrons. The molecular weight excluding hydrogens is 222 g/mol. The zero-order valence-electron chi connectivity index (χ0n) is 10.7. The number of nitrogens with one attached hydrogen (secondary N) is 1. The first kappa shape index (κ1) is 12.4. The molecule has 2 heteroatoms. The number of benzene rings is 1. The van der Waals surface area contributed by atoms with Crippen molar-refractivity contribution in [2.24, 2.45) is 0 Å². The van der Waals surface area contributed by atoms with Crippen LogP contribution in [0.25, 0.3) is 0 Å². The summed E-state index contributed by atoms with van der Waals surface area (Å²) in [5.74, 6) is 0.0820. The molecule has 1 aromatic rings. The normalized spacial score (nSPS) is 14.6. The maximum absolute atomic E-state index is 11.9. The molecule has 0 fully saturated rings.